The fourth-order valence-corrected chi connectivity index (χ4v) is 3.30. The Morgan fingerprint density at radius 3 is 2.70 bits per heavy atom. The number of aliphatic carboxylic acids is 1. The van der Waals surface area contributed by atoms with Gasteiger partial charge in [-0.15, -0.1) is 11.8 Å². The van der Waals surface area contributed by atoms with Crippen molar-refractivity contribution in [1.29, 1.82) is 0 Å². The highest BCUT2D eigenvalue weighted by molar-refractivity contribution is 7.99. The zero-order valence-corrected chi connectivity index (χ0v) is 12.5. The molecule has 0 unspecified atom stereocenters. The summed E-state index contributed by atoms with van der Waals surface area (Å²) < 4.78 is 1.76. The number of nitrogens with zero attached hydrogens (tertiary/aromatic N) is 3. The van der Waals surface area contributed by atoms with Crippen LogP contribution < -0.4 is 0 Å². The third-order valence-corrected chi connectivity index (χ3v) is 4.42. The number of carbonyl (C=O) groups is 2. The summed E-state index contributed by atoms with van der Waals surface area (Å²) in [5.41, 5.74) is 2.72. The Hall–Kier alpha value is -1.76. The van der Waals surface area contributed by atoms with Crippen LogP contribution >= 0.6 is 11.8 Å². The van der Waals surface area contributed by atoms with Gasteiger partial charge in [-0.05, 0) is 19.9 Å². The minimum atomic E-state index is -0.953. The first-order valence-electron chi connectivity index (χ1n) is 6.21. The summed E-state index contributed by atoms with van der Waals surface area (Å²) >= 11 is 1.45. The fourth-order valence-electron chi connectivity index (χ4n) is 2.15. The Kier molecular flexibility index (Phi) is 4.17. The second-order valence-corrected chi connectivity index (χ2v) is 5.70. The van der Waals surface area contributed by atoms with Crippen LogP contribution in [0.4, 0.5) is 0 Å². The molecule has 6 nitrogen and oxygen atoms in total. The zero-order valence-electron chi connectivity index (χ0n) is 11.7. The van der Waals surface area contributed by atoms with E-state index in [9.17, 15) is 9.59 Å². The number of carboxylic acid groups (broad SMARTS) is 1. The maximum absolute atomic E-state index is 12.1. The molecule has 1 saturated heterocycles. The van der Waals surface area contributed by atoms with Gasteiger partial charge >= 0.3 is 5.97 Å². The van der Waals surface area contributed by atoms with Crippen LogP contribution in [-0.4, -0.2) is 49.3 Å². The monoisotopic (exact) mass is 295 g/mol. The van der Waals surface area contributed by atoms with E-state index in [0.29, 0.717) is 11.6 Å². The summed E-state index contributed by atoms with van der Waals surface area (Å²) in [5, 5.41) is 13.3. The van der Waals surface area contributed by atoms with E-state index in [-0.39, 0.29) is 5.91 Å². The quantitative estimate of drug-likeness (QED) is 0.843. The minimum Gasteiger partial charge on any atom is -0.480 e. The second kappa shape index (κ2) is 5.70. The van der Waals surface area contributed by atoms with Gasteiger partial charge in [0.1, 0.15) is 6.04 Å². The standard InChI is InChI=1S/C13H17N3O3S/c1-8-10(9(2)15(3)14-8)4-5-12(17)16-7-20-6-11(16)13(18)19/h4-5,11H,6-7H2,1-3H3,(H,18,19)/b5-4+/t11-/m0/s1. The number of carboxylic acids is 1. The van der Waals surface area contributed by atoms with Gasteiger partial charge in [0.25, 0.3) is 0 Å². The normalized spacial score (nSPS) is 18.9. The Morgan fingerprint density at radius 1 is 1.45 bits per heavy atom. The van der Waals surface area contributed by atoms with Crippen molar-refractivity contribution in [2.24, 2.45) is 7.05 Å². The maximum atomic E-state index is 12.1. The highest BCUT2D eigenvalue weighted by Gasteiger charge is 2.33. The third-order valence-electron chi connectivity index (χ3n) is 3.41. The Morgan fingerprint density at radius 2 is 2.15 bits per heavy atom. The average Bonchev–Trinajstić information content (AvgIpc) is 2.95. The summed E-state index contributed by atoms with van der Waals surface area (Å²) in [7, 11) is 1.85. The Bertz CT molecular complexity index is 580. The van der Waals surface area contributed by atoms with Gasteiger partial charge in [-0.25, -0.2) is 4.79 Å². The van der Waals surface area contributed by atoms with E-state index in [1.165, 1.54) is 22.7 Å². The molecule has 1 aliphatic heterocycles. The largest absolute Gasteiger partial charge is 0.480 e. The van der Waals surface area contributed by atoms with Gasteiger partial charge in [-0.2, -0.15) is 5.10 Å². The molecule has 1 fully saturated rings. The number of aromatic nitrogens is 2. The molecule has 20 heavy (non-hydrogen) atoms. The zero-order chi connectivity index (χ0) is 14.9. The average molecular weight is 295 g/mol. The van der Waals surface area contributed by atoms with E-state index >= 15 is 0 Å². The molecule has 0 bridgehead atoms. The number of rotatable bonds is 3. The van der Waals surface area contributed by atoms with Crippen LogP contribution in [0.3, 0.4) is 0 Å². The smallest absolute Gasteiger partial charge is 0.327 e. The van der Waals surface area contributed by atoms with Crippen LogP contribution in [0.15, 0.2) is 6.08 Å². The lowest BCUT2D eigenvalue weighted by atomic mass is 10.2. The molecule has 1 atom stereocenters. The molecular weight excluding hydrogens is 278 g/mol. The molecule has 0 spiro atoms. The summed E-state index contributed by atoms with van der Waals surface area (Å²) in [6.45, 7) is 3.80. The SMILES string of the molecule is Cc1nn(C)c(C)c1/C=C/C(=O)N1CSC[C@H]1C(=O)O. The predicted molar refractivity (Wildman–Crippen MR) is 77.3 cm³/mol. The van der Waals surface area contributed by atoms with Crippen molar-refractivity contribution in [2.45, 2.75) is 19.9 Å². The van der Waals surface area contributed by atoms with Crippen LogP contribution in [0.5, 0.6) is 0 Å². The van der Waals surface area contributed by atoms with Crippen molar-refractivity contribution < 1.29 is 14.7 Å². The van der Waals surface area contributed by atoms with Gasteiger partial charge in [-0.1, -0.05) is 0 Å². The van der Waals surface area contributed by atoms with E-state index < -0.39 is 12.0 Å². The van der Waals surface area contributed by atoms with Gasteiger partial charge in [0.05, 0.1) is 11.6 Å². The molecular formula is C13H17N3O3S. The molecule has 0 saturated carbocycles. The van der Waals surface area contributed by atoms with Crippen molar-refractivity contribution in [3.63, 3.8) is 0 Å². The lowest BCUT2D eigenvalue weighted by molar-refractivity contribution is -0.146. The minimum absolute atomic E-state index is 0.273. The molecule has 7 heteroatoms. The van der Waals surface area contributed by atoms with Crippen molar-refractivity contribution in [1.82, 2.24) is 14.7 Å². The molecule has 1 aliphatic rings. The third kappa shape index (κ3) is 2.72. The second-order valence-electron chi connectivity index (χ2n) is 4.70. The van der Waals surface area contributed by atoms with Crippen molar-refractivity contribution >= 4 is 29.7 Å². The van der Waals surface area contributed by atoms with Crippen molar-refractivity contribution in [3.05, 3.63) is 23.0 Å². The molecule has 1 aromatic heterocycles. The van der Waals surface area contributed by atoms with Crippen molar-refractivity contribution in [3.8, 4) is 0 Å². The van der Waals surface area contributed by atoms with Crippen molar-refractivity contribution in [2.75, 3.05) is 11.6 Å². The topological polar surface area (TPSA) is 75.4 Å². The summed E-state index contributed by atoms with van der Waals surface area (Å²) in [6, 6.07) is -0.728. The maximum Gasteiger partial charge on any atom is 0.327 e. The number of carbonyl (C=O) groups excluding carboxylic acids is 1. The highest BCUT2D eigenvalue weighted by atomic mass is 32.2. The van der Waals surface area contributed by atoms with Crippen LogP contribution in [0.1, 0.15) is 17.0 Å². The summed E-state index contributed by atoms with van der Waals surface area (Å²) in [6.07, 6.45) is 3.14. The van der Waals surface area contributed by atoms with E-state index in [1.54, 1.807) is 10.8 Å². The van der Waals surface area contributed by atoms with Gasteiger partial charge in [0.2, 0.25) is 5.91 Å². The van der Waals surface area contributed by atoms with Gasteiger partial charge in [0.15, 0.2) is 0 Å². The molecule has 0 aromatic carbocycles. The molecule has 2 rings (SSSR count). The van der Waals surface area contributed by atoms with Gasteiger partial charge < -0.3 is 10.0 Å². The van der Waals surface area contributed by atoms with Crippen LogP contribution in [0.25, 0.3) is 6.08 Å². The Labute approximate surface area is 121 Å². The van der Waals surface area contributed by atoms with E-state index in [4.69, 9.17) is 5.11 Å². The van der Waals surface area contributed by atoms with E-state index in [2.05, 4.69) is 5.10 Å². The van der Waals surface area contributed by atoms with Gasteiger partial charge in [0, 0.05) is 30.1 Å². The molecule has 1 aromatic rings. The van der Waals surface area contributed by atoms with Crippen LogP contribution in [0, 0.1) is 13.8 Å². The number of aryl methyl sites for hydroxylation is 2. The first kappa shape index (κ1) is 14.6. The molecule has 1 amide bonds. The van der Waals surface area contributed by atoms with Crippen LogP contribution in [-0.2, 0) is 16.6 Å². The lowest BCUT2D eigenvalue weighted by Gasteiger charge is -2.18. The van der Waals surface area contributed by atoms with E-state index in [0.717, 1.165) is 17.0 Å². The number of amides is 1. The molecule has 1 N–H and O–H groups in total. The fraction of sp³-hybridized carbons (Fsp3) is 0.462. The lowest BCUT2D eigenvalue weighted by Crippen LogP contribution is -2.40. The van der Waals surface area contributed by atoms with Crippen LogP contribution in [0.2, 0.25) is 0 Å². The number of hydrogen-bond acceptors (Lipinski definition) is 4. The number of hydrogen-bond donors (Lipinski definition) is 1. The summed E-state index contributed by atoms with van der Waals surface area (Å²) in [5.74, 6) is -0.360. The van der Waals surface area contributed by atoms with Gasteiger partial charge in [-0.3, -0.25) is 9.48 Å². The number of thioether (sulfide) groups is 1. The summed E-state index contributed by atoms with van der Waals surface area (Å²) in [4.78, 5) is 24.5. The molecule has 2 heterocycles. The highest BCUT2D eigenvalue weighted by Crippen LogP contribution is 2.22. The first-order valence-corrected chi connectivity index (χ1v) is 7.36. The van der Waals surface area contributed by atoms with E-state index in [1.807, 2.05) is 20.9 Å². The predicted octanol–water partition coefficient (Wildman–Crippen LogP) is 1.04. The first-order chi connectivity index (χ1) is 9.41. The molecule has 108 valence electrons. The Balaban J connectivity index is 2.15. The molecule has 0 aliphatic carbocycles. The molecule has 0 radical (unpaired) electrons.